The lowest BCUT2D eigenvalue weighted by Gasteiger charge is -2.12. The number of amides is 1. The third-order valence-corrected chi connectivity index (χ3v) is 3.90. The van der Waals surface area contributed by atoms with Gasteiger partial charge in [0.05, 0.1) is 0 Å². The first-order valence-electron chi connectivity index (χ1n) is 8.38. The zero-order valence-electron chi connectivity index (χ0n) is 14.6. The number of ether oxygens (including phenoxy) is 1. The monoisotopic (exact) mass is 326 g/mol. The Bertz CT molecular complexity index is 636. The summed E-state index contributed by atoms with van der Waals surface area (Å²) in [6.45, 7) is 7.18. The first-order valence-corrected chi connectivity index (χ1v) is 8.38. The van der Waals surface area contributed by atoms with E-state index in [-0.39, 0.29) is 12.5 Å². The minimum atomic E-state index is -0.165. The molecular weight excluding hydrogens is 300 g/mol. The number of carbonyl (C=O) groups is 1. The van der Waals surface area contributed by atoms with Gasteiger partial charge in [-0.1, -0.05) is 36.8 Å². The molecule has 4 heteroatoms. The number of carbonyl (C=O) groups excluding carboxylic acids is 1. The summed E-state index contributed by atoms with van der Waals surface area (Å²) in [6.07, 6.45) is 1.11. The average molecular weight is 326 g/mol. The highest BCUT2D eigenvalue weighted by molar-refractivity contribution is 5.91. The van der Waals surface area contributed by atoms with Gasteiger partial charge in [0, 0.05) is 18.3 Å². The Morgan fingerprint density at radius 2 is 1.75 bits per heavy atom. The molecule has 0 fully saturated rings. The summed E-state index contributed by atoms with van der Waals surface area (Å²) in [6, 6.07) is 16.0. The van der Waals surface area contributed by atoms with Crippen molar-refractivity contribution in [3.8, 4) is 5.75 Å². The van der Waals surface area contributed by atoms with Crippen molar-refractivity contribution in [2.24, 2.45) is 0 Å². The average Bonchev–Trinajstić information content (AvgIpc) is 2.60. The van der Waals surface area contributed by atoms with Crippen LogP contribution in [-0.4, -0.2) is 18.6 Å². The van der Waals surface area contributed by atoms with Crippen molar-refractivity contribution in [3.05, 3.63) is 59.7 Å². The fraction of sp³-hybridized carbons (Fsp3) is 0.350. The van der Waals surface area contributed by atoms with Crippen molar-refractivity contribution >= 4 is 11.6 Å². The number of anilines is 1. The van der Waals surface area contributed by atoms with Gasteiger partial charge in [-0.3, -0.25) is 4.79 Å². The van der Waals surface area contributed by atoms with E-state index >= 15 is 0 Å². The second-order valence-electron chi connectivity index (χ2n) is 6.04. The van der Waals surface area contributed by atoms with Crippen molar-refractivity contribution in [2.75, 3.05) is 11.9 Å². The number of benzene rings is 2. The van der Waals surface area contributed by atoms with Gasteiger partial charge in [0.2, 0.25) is 0 Å². The largest absolute Gasteiger partial charge is 0.484 e. The molecule has 0 bridgehead atoms. The lowest BCUT2D eigenvalue weighted by atomic mass is 10.2. The molecule has 0 aliphatic carbocycles. The normalized spacial score (nSPS) is 11.8. The third kappa shape index (κ3) is 6.05. The third-order valence-electron chi connectivity index (χ3n) is 3.90. The van der Waals surface area contributed by atoms with Crippen LogP contribution >= 0.6 is 0 Å². The van der Waals surface area contributed by atoms with E-state index < -0.39 is 0 Å². The summed E-state index contributed by atoms with van der Waals surface area (Å²) < 4.78 is 5.53. The van der Waals surface area contributed by atoms with Crippen molar-refractivity contribution < 1.29 is 9.53 Å². The van der Waals surface area contributed by atoms with E-state index in [1.54, 1.807) is 0 Å². The van der Waals surface area contributed by atoms with Crippen LogP contribution < -0.4 is 15.4 Å². The van der Waals surface area contributed by atoms with Crippen LogP contribution in [0.3, 0.4) is 0 Å². The fourth-order valence-corrected chi connectivity index (χ4v) is 2.12. The molecule has 24 heavy (non-hydrogen) atoms. The van der Waals surface area contributed by atoms with Gasteiger partial charge >= 0.3 is 0 Å². The predicted octanol–water partition coefficient (Wildman–Crippen LogP) is 3.90. The van der Waals surface area contributed by atoms with Crippen LogP contribution in [0.5, 0.6) is 5.75 Å². The lowest BCUT2D eigenvalue weighted by Crippen LogP contribution is -2.24. The zero-order chi connectivity index (χ0) is 17.4. The summed E-state index contributed by atoms with van der Waals surface area (Å²) in [5, 5.41) is 6.26. The van der Waals surface area contributed by atoms with Crippen LogP contribution in [0.2, 0.25) is 0 Å². The molecule has 0 spiro atoms. The maximum Gasteiger partial charge on any atom is 0.262 e. The molecule has 0 aliphatic rings. The zero-order valence-corrected chi connectivity index (χ0v) is 14.6. The predicted molar refractivity (Wildman–Crippen MR) is 98.3 cm³/mol. The topological polar surface area (TPSA) is 50.4 Å². The van der Waals surface area contributed by atoms with Gasteiger partial charge in [0.1, 0.15) is 5.75 Å². The van der Waals surface area contributed by atoms with Gasteiger partial charge in [-0.25, -0.2) is 0 Å². The van der Waals surface area contributed by atoms with Gasteiger partial charge in [0.15, 0.2) is 6.61 Å². The Morgan fingerprint density at radius 1 is 1.08 bits per heavy atom. The molecule has 0 saturated heterocycles. The maximum absolute atomic E-state index is 11.9. The molecule has 0 aromatic heterocycles. The van der Waals surface area contributed by atoms with E-state index in [9.17, 15) is 4.79 Å². The van der Waals surface area contributed by atoms with Crippen LogP contribution in [0.25, 0.3) is 0 Å². The van der Waals surface area contributed by atoms with E-state index in [0.29, 0.717) is 11.8 Å². The van der Waals surface area contributed by atoms with E-state index in [1.807, 2.05) is 55.5 Å². The Hall–Kier alpha value is -2.33. The molecule has 2 N–H and O–H groups in total. The highest BCUT2D eigenvalue weighted by atomic mass is 16.5. The Labute approximate surface area is 144 Å². The highest BCUT2D eigenvalue weighted by Gasteiger charge is 2.04. The molecule has 0 unspecified atom stereocenters. The second-order valence-corrected chi connectivity index (χ2v) is 6.04. The van der Waals surface area contributed by atoms with Crippen molar-refractivity contribution in [3.63, 3.8) is 0 Å². The molecule has 0 heterocycles. The molecule has 1 amide bonds. The van der Waals surface area contributed by atoms with Crippen molar-refractivity contribution in [1.29, 1.82) is 0 Å². The summed E-state index contributed by atoms with van der Waals surface area (Å²) in [4.78, 5) is 11.9. The Balaban J connectivity index is 1.77. The second kappa shape index (κ2) is 9.08. The summed E-state index contributed by atoms with van der Waals surface area (Å²) >= 11 is 0. The summed E-state index contributed by atoms with van der Waals surface area (Å²) in [5.41, 5.74) is 3.14. The number of hydrogen-bond acceptors (Lipinski definition) is 3. The van der Waals surface area contributed by atoms with E-state index in [0.717, 1.165) is 24.2 Å². The van der Waals surface area contributed by atoms with Crippen LogP contribution in [-0.2, 0) is 11.3 Å². The number of aryl methyl sites for hydroxylation is 1. The fourth-order valence-electron chi connectivity index (χ4n) is 2.12. The van der Waals surface area contributed by atoms with Crippen molar-refractivity contribution in [1.82, 2.24) is 5.32 Å². The molecule has 2 rings (SSSR count). The molecule has 4 nitrogen and oxygen atoms in total. The summed E-state index contributed by atoms with van der Waals surface area (Å²) in [5.74, 6) is 0.530. The van der Waals surface area contributed by atoms with Crippen LogP contribution in [0, 0.1) is 6.92 Å². The van der Waals surface area contributed by atoms with Gasteiger partial charge in [-0.05, 0) is 50.1 Å². The Morgan fingerprint density at radius 3 is 2.38 bits per heavy atom. The minimum absolute atomic E-state index is 0.00164. The van der Waals surface area contributed by atoms with E-state index in [1.165, 1.54) is 5.56 Å². The standard InChI is InChI=1S/C20H26N2O2/c1-4-16(3)21-13-17-7-11-19(12-8-17)24-14-20(23)22-18-9-5-15(2)6-10-18/h5-12,16,21H,4,13-14H2,1-3H3,(H,22,23)/t16-/m0/s1. The number of hydrogen-bond donors (Lipinski definition) is 2. The Kier molecular flexibility index (Phi) is 6.82. The SMILES string of the molecule is CC[C@H](C)NCc1ccc(OCC(=O)Nc2ccc(C)cc2)cc1. The molecule has 0 radical (unpaired) electrons. The first kappa shape index (κ1) is 18.0. The molecule has 128 valence electrons. The van der Waals surface area contributed by atoms with Crippen LogP contribution in [0.1, 0.15) is 31.4 Å². The molecule has 2 aromatic carbocycles. The molecule has 2 aromatic rings. The molecule has 1 atom stereocenters. The van der Waals surface area contributed by atoms with Crippen LogP contribution in [0.4, 0.5) is 5.69 Å². The van der Waals surface area contributed by atoms with Gasteiger partial charge < -0.3 is 15.4 Å². The van der Waals surface area contributed by atoms with E-state index in [4.69, 9.17) is 4.74 Å². The van der Waals surface area contributed by atoms with Gasteiger partial charge in [-0.2, -0.15) is 0 Å². The lowest BCUT2D eigenvalue weighted by molar-refractivity contribution is -0.118. The summed E-state index contributed by atoms with van der Waals surface area (Å²) in [7, 11) is 0. The van der Waals surface area contributed by atoms with E-state index in [2.05, 4.69) is 24.5 Å². The molecule has 0 saturated carbocycles. The first-order chi connectivity index (χ1) is 11.6. The minimum Gasteiger partial charge on any atom is -0.484 e. The van der Waals surface area contributed by atoms with Gasteiger partial charge in [0.25, 0.3) is 5.91 Å². The van der Waals surface area contributed by atoms with Crippen molar-refractivity contribution in [2.45, 2.75) is 39.8 Å². The quantitative estimate of drug-likeness (QED) is 0.773. The highest BCUT2D eigenvalue weighted by Crippen LogP contribution is 2.13. The maximum atomic E-state index is 11.9. The molecular formula is C20H26N2O2. The van der Waals surface area contributed by atoms with Gasteiger partial charge in [-0.15, -0.1) is 0 Å². The number of rotatable bonds is 8. The number of nitrogens with one attached hydrogen (secondary N) is 2. The van der Waals surface area contributed by atoms with Crippen LogP contribution in [0.15, 0.2) is 48.5 Å². The molecule has 0 aliphatic heterocycles. The smallest absolute Gasteiger partial charge is 0.262 e.